The number of nitrogens with two attached hydrogens (primary N) is 1. The third-order valence-electron chi connectivity index (χ3n) is 3.50. The van der Waals surface area contributed by atoms with Gasteiger partial charge in [0.25, 0.3) is 0 Å². The van der Waals surface area contributed by atoms with Gasteiger partial charge in [0.05, 0.1) is 11.6 Å². The molecule has 0 bridgehead atoms. The van der Waals surface area contributed by atoms with Crippen molar-refractivity contribution in [1.82, 2.24) is 4.98 Å². The summed E-state index contributed by atoms with van der Waals surface area (Å²) in [5, 5.41) is 1.81. The lowest BCUT2D eigenvalue weighted by molar-refractivity contribution is 0.867. The predicted octanol–water partition coefficient (Wildman–Crippen LogP) is 4.85. The molecule has 1 heterocycles. The number of fused-ring (bicyclic) bond motifs is 1. The number of nitrogens with zero attached hydrogens (tertiary/aromatic N) is 1. The summed E-state index contributed by atoms with van der Waals surface area (Å²) in [7, 11) is 0. The monoisotopic (exact) mass is 408 g/mol. The normalized spacial score (nSPS) is 12.6. The molecule has 0 aliphatic heterocycles. The first kappa shape index (κ1) is 14.8. The number of rotatable bonds is 2. The molecule has 0 aliphatic carbocycles. The lowest BCUT2D eigenvalue weighted by Crippen LogP contribution is -2.13. The van der Waals surface area contributed by atoms with Crippen molar-refractivity contribution in [2.24, 2.45) is 5.73 Å². The van der Waals surface area contributed by atoms with Gasteiger partial charge in [-0.3, -0.25) is 4.98 Å². The van der Waals surface area contributed by atoms with Gasteiger partial charge in [0.2, 0.25) is 0 Å². The van der Waals surface area contributed by atoms with Crippen molar-refractivity contribution in [2.45, 2.75) is 13.0 Å². The first-order valence-electron chi connectivity index (χ1n) is 6.62. The minimum absolute atomic E-state index is 0.193. The van der Waals surface area contributed by atoms with E-state index in [2.05, 4.69) is 39.7 Å². The van der Waals surface area contributed by atoms with E-state index in [9.17, 15) is 0 Å². The zero-order chi connectivity index (χ0) is 15.0. The molecular formula is C17H14ClIN2. The summed E-state index contributed by atoms with van der Waals surface area (Å²) in [6, 6.07) is 15.9. The van der Waals surface area contributed by atoms with Gasteiger partial charge >= 0.3 is 0 Å². The zero-order valence-corrected chi connectivity index (χ0v) is 14.4. The van der Waals surface area contributed by atoms with Gasteiger partial charge in [0, 0.05) is 19.7 Å². The lowest BCUT2D eigenvalue weighted by Gasteiger charge is -2.15. The SMILES string of the molecule is Cc1ccc2cc(C(N)c3cc(Cl)ccc3I)ccc2n1. The minimum atomic E-state index is -0.193. The van der Waals surface area contributed by atoms with Crippen molar-refractivity contribution in [1.29, 1.82) is 0 Å². The van der Waals surface area contributed by atoms with Crippen LogP contribution < -0.4 is 5.73 Å². The molecule has 2 aromatic carbocycles. The first-order chi connectivity index (χ1) is 10.0. The molecule has 0 amide bonds. The molecule has 0 fully saturated rings. The van der Waals surface area contributed by atoms with E-state index in [1.807, 2.05) is 43.3 Å². The molecule has 0 aliphatic rings. The fourth-order valence-electron chi connectivity index (χ4n) is 2.37. The quantitative estimate of drug-likeness (QED) is 0.616. The third-order valence-corrected chi connectivity index (χ3v) is 4.72. The fourth-order valence-corrected chi connectivity index (χ4v) is 3.22. The molecule has 0 saturated heterocycles. The van der Waals surface area contributed by atoms with Crippen molar-refractivity contribution in [3.63, 3.8) is 0 Å². The van der Waals surface area contributed by atoms with Crippen LogP contribution in [0.2, 0.25) is 5.02 Å². The molecule has 21 heavy (non-hydrogen) atoms. The first-order valence-corrected chi connectivity index (χ1v) is 8.08. The molecule has 1 aromatic heterocycles. The maximum Gasteiger partial charge on any atom is 0.0705 e. The van der Waals surface area contributed by atoms with E-state index in [4.69, 9.17) is 17.3 Å². The number of aromatic nitrogens is 1. The Labute approximate surface area is 142 Å². The standard InChI is InChI=1S/C17H14ClIN2/c1-10-2-3-11-8-12(4-7-16(11)21-10)17(20)14-9-13(18)5-6-15(14)19/h2-9,17H,20H2,1H3. The smallest absolute Gasteiger partial charge is 0.0705 e. The number of halogens is 2. The Morgan fingerprint density at radius 3 is 2.71 bits per heavy atom. The summed E-state index contributed by atoms with van der Waals surface area (Å²) >= 11 is 8.38. The molecule has 2 nitrogen and oxygen atoms in total. The van der Waals surface area contributed by atoms with Gasteiger partial charge in [-0.25, -0.2) is 0 Å². The van der Waals surface area contributed by atoms with Crippen molar-refractivity contribution in [3.8, 4) is 0 Å². The fraction of sp³-hybridized carbons (Fsp3) is 0.118. The van der Waals surface area contributed by atoms with Crippen molar-refractivity contribution < 1.29 is 0 Å². The highest BCUT2D eigenvalue weighted by molar-refractivity contribution is 14.1. The second-order valence-electron chi connectivity index (χ2n) is 5.05. The number of pyridine rings is 1. The molecule has 0 saturated carbocycles. The zero-order valence-electron chi connectivity index (χ0n) is 11.5. The van der Waals surface area contributed by atoms with Crippen LogP contribution in [0.4, 0.5) is 0 Å². The van der Waals surface area contributed by atoms with Crippen molar-refractivity contribution >= 4 is 45.1 Å². The van der Waals surface area contributed by atoms with E-state index in [0.717, 1.165) is 31.3 Å². The number of hydrogen-bond donors (Lipinski definition) is 1. The Bertz CT molecular complexity index is 817. The van der Waals surface area contributed by atoms with Crippen LogP contribution in [0, 0.1) is 10.5 Å². The molecule has 0 spiro atoms. The Morgan fingerprint density at radius 2 is 1.90 bits per heavy atom. The van der Waals surface area contributed by atoms with Crippen LogP contribution in [-0.2, 0) is 0 Å². The average Bonchev–Trinajstić information content (AvgIpc) is 2.48. The van der Waals surface area contributed by atoms with Gasteiger partial charge in [0.15, 0.2) is 0 Å². The summed E-state index contributed by atoms with van der Waals surface area (Å²) in [4.78, 5) is 4.52. The average molecular weight is 409 g/mol. The van der Waals surface area contributed by atoms with Crippen LogP contribution in [0.3, 0.4) is 0 Å². The van der Waals surface area contributed by atoms with E-state index >= 15 is 0 Å². The lowest BCUT2D eigenvalue weighted by atomic mass is 9.98. The molecule has 3 aromatic rings. The molecule has 1 atom stereocenters. The second-order valence-corrected chi connectivity index (χ2v) is 6.65. The van der Waals surface area contributed by atoms with Crippen LogP contribution >= 0.6 is 34.2 Å². The van der Waals surface area contributed by atoms with Crippen molar-refractivity contribution in [2.75, 3.05) is 0 Å². The number of benzene rings is 2. The van der Waals surface area contributed by atoms with Crippen LogP contribution in [-0.4, -0.2) is 4.98 Å². The van der Waals surface area contributed by atoms with Crippen LogP contribution in [0.15, 0.2) is 48.5 Å². The van der Waals surface area contributed by atoms with Crippen LogP contribution in [0.25, 0.3) is 10.9 Å². The highest BCUT2D eigenvalue weighted by Gasteiger charge is 2.13. The van der Waals surface area contributed by atoms with Gasteiger partial charge in [-0.05, 0) is 77.0 Å². The van der Waals surface area contributed by atoms with E-state index in [0.29, 0.717) is 5.02 Å². The highest BCUT2D eigenvalue weighted by Crippen LogP contribution is 2.28. The maximum atomic E-state index is 6.42. The Hall–Kier alpha value is -1.17. The van der Waals surface area contributed by atoms with Gasteiger partial charge in [0.1, 0.15) is 0 Å². The topological polar surface area (TPSA) is 38.9 Å². The molecular weight excluding hydrogens is 395 g/mol. The predicted molar refractivity (Wildman–Crippen MR) is 96.7 cm³/mol. The molecule has 4 heteroatoms. The Balaban J connectivity index is 2.07. The van der Waals surface area contributed by atoms with Gasteiger partial charge in [-0.2, -0.15) is 0 Å². The van der Waals surface area contributed by atoms with Gasteiger partial charge in [-0.15, -0.1) is 0 Å². The molecule has 2 N–H and O–H groups in total. The van der Waals surface area contributed by atoms with Gasteiger partial charge < -0.3 is 5.73 Å². The van der Waals surface area contributed by atoms with Gasteiger partial charge in [-0.1, -0.05) is 23.7 Å². The van der Waals surface area contributed by atoms with E-state index in [1.165, 1.54) is 0 Å². The van der Waals surface area contributed by atoms with Crippen LogP contribution in [0.1, 0.15) is 22.9 Å². The second kappa shape index (κ2) is 5.91. The van der Waals surface area contributed by atoms with E-state index < -0.39 is 0 Å². The molecule has 0 radical (unpaired) electrons. The Morgan fingerprint density at radius 1 is 1.10 bits per heavy atom. The summed E-state index contributed by atoms with van der Waals surface area (Å²) in [6.45, 7) is 1.99. The summed E-state index contributed by atoms with van der Waals surface area (Å²) in [5.74, 6) is 0. The number of hydrogen-bond acceptors (Lipinski definition) is 2. The van der Waals surface area contributed by atoms with Crippen molar-refractivity contribution in [3.05, 3.63) is 73.9 Å². The Kier molecular flexibility index (Phi) is 4.15. The summed E-state index contributed by atoms with van der Waals surface area (Å²) in [5.41, 5.74) is 10.5. The largest absolute Gasteiger partial charge is 0.320 e. The maximum absolute atomic E-state index is 6.42. The molecule has 1 unspecified atom stereocenters. The number of aryl methyl sites for hydroxylation is 1. The summed E-state index contributed by atoms with van der Waals surface area (Å²) in [6.07, 6.45) is 0. The third kappa shape index (κ3) is 3.05. The summed E-state index contributed by atoms with van der Waals surface area (Å²) < 4.78 is 1.12. The van der Waals surface area contributed by atoms with E-state index in [-0.39, 0.29) is 6.04 Å². The molecule has 3 rings (SSSR count). The highest BCUT2D eigenvalue weighted by atomic mass is 127. The minimum Gasteiger partial charge on any atom is -0.320 e. The van der Waals surface area contributed by atoms with Crippen LogP contribution in [0.5, 0.6) is 0 Å². The van der Waals surface area contributed by atoms with E-state index in [1.54, 1.807) is 0 Å². The molecule has 106 valence electrons.